The van der Waals surface area contributed by atoms with Gasteiger partial charge in [-0.1, -0.05) is 0 Å². The quantitative estimate of drug-likeness (QED) is 0.860. The predicted octanol–water partition coefficient (Wildman–Crippen LogP) is 3.50. The number of amides is 1. The summed E-state index contributed by atoms with van der Waals surface area (Å²) >= 11 is 3.31. The van der Waals surface area contributed by atoms with Crippen molar-refractivity contribution in [2.24, 2.45) is 0 Å². The Morgan fingerprint density at radius 3 is 2.69 bits per heavy atom. The summed E-state index contributed by atoms with van der Waals surface area (Å²) < 4.78 is 5.87. The number of halogens is 1. The Morgan fingerprint density at radius 1 is 1.50 bits per heavy atom. The van der Waals surface area contributed by atoms with Gasteiger partial charge in [-0.15, -0.1) is 0 Å². The highest BCUT2D eigenvalue weighted by molar-refractivity contribution is 9.10. The third kappa shape index (κ3) is 4.18. The Labute approximate surface area is 104 Å². The van der Waals surface area contributed by atoms with Crippen LogP contribution in [-0.4, -0.2) is 16.7 Å². The smallest absolute Gasteiger partial charge is 0.412 e. The molecule has 1 aromatic heterocycles. The fourth-order valence-electron chi connectivity index (χ4n) is 1.05. The normalized spacial score (nSPS) is 11.1. The molecule has 1 aromatic rings. The second kappa shape index (κ2) is 4.82. The third-order valence-corrected chi connectivity index (χ3v) is 2.26. The average molecular weight is 287 g/mol. The number of rotatable bonds is 1. The maximum atomic E-state index is 11.5. The van der Waals surface area contributed by atoms with Gasteiger partial charge in [-0.3, -0.25) is 10.3 Å². The molecule has 0 aliphatic rings. The number of ether oxygens (including phenoxy) is 1. The van der Waals surface area contributed by atoms with E-state index in [4.69, 9.17) is 4.74 Å². The van der Waals surface area contributed by atoms with Crippen LogP contribution in [0.25, 0.3) is 0 Å². The highest BCUT2D eigenvalue weighted by atomic mass is 79.9. The molecule has 1 heterocycles. The maximum Gasteiger partial charge on any atom is 0.412 e. The zero-order valence-electron chi connectivity index (χ0n) is 9.80. The van der Waals surface area contributed by atoms with Crippen LogP contribution in [0.4, 0.5) is 10.5 Å². The monoisotopic (exact) mass is 286 g/mol. The van der Waals surface area contributed by atoms with Crippen LogP contribution in [0.2, 0.25) is 0 Å². The van der Waals surface area contributed by atoms with Crippen LogP contribution >= 0.6 is 15.9 Å². The molecule has 0 aromatic carbocycles. The number of anilines is 1. The van der Waals surface area contributed by atoms with E-state index in [9.17, 15) is 4.79 Å². The molecular formula is C11H15BrN2O2. The van der Waals surface area contributed by atoms with E-state index in [2.05, 4.69) is 26.2 Å². The summed E-state index contributed by atoms with van der Waals surface area (Å²) in [5.41, 5.74) is 0.981. The van der Waals surface area contributed by atoms with Gasteiger partial charge in [-0.05, 0) is 49.7 Å². The summed E-state index contributed by atoms with van der Waals surface area (Å²) in [5, 5.41) is 2.66. The van der Waals surface area contributed by atoms with E-state index in [1.54, 1.807) is 12.3 Å². The van der Waals surface area contributed by atoms with Gasteiger partial charge in [0, 0.05) is 11.9 Å². The summed E-state index contributed by atoms with van der Waals surface area (Å²) in [6, 6.07) is 1.77. The van der Waals surface area contributed by atoms with Crippen molar-refractivity contribution in [3.63, 3.8) is 0 Å². The fourth-order valence-corrected chi connectivity index (χ4v) is 1.37. The van der Waals surface area contributed by atoms with Gasteiger partial charge in [0.05, 0.1) is 10.2 Å². The van der Waals surface area contributed by atoms with Gasteiger partial charge in [0.15, 0.2) is 0 Å². The Bertz CT molecular complexity index is 399. The van der Waals surface area contributed by atoms with E-state index in [-0.39, 0.29) is 0 Å². The van der Waals surface area contributed by atoms with Crippen molar-refractivity contribution >= 4 is 27.7 Å². The topological polar surface area (TPSA) is 51.2 Å². The maximum absolute atomic E-state index is 11.5. The first kappa shape index (κ1) is 13.0. The summed E-state index contributed by atoms with van der Waals surface area (Å²) in [6.45, 7) is 7.31. The van der Waals surface area contributed by atoms with Crippen LogP contribution in [0.15, 0.2) is 16.7 Å². The van der Waals surface area contributed by atoms with Crippen LogP contribution in [0.5, 0.6) is 0 Å². The lowest BCUT2D eigenvalue weighted by atomic mass is 10.2. The third-order valence-electron chi connectivity index (χ3n) is 1.63. The van der Waals surface area contributed by atoms with Crippen LogP contribution in [0, 0.1) is 6.92 Å². The molecule has 1 N–H and O–H groups in total. The SMILES string of the molecule is Cc1cc(NC(=O)OC(C)(C)C)c(Br)cn1. The van der Waals surface area contributed by atoms with E-state index in [0.29, 0.717) is 5.69 Å². The van der Waals surface area contributed by atoms with Gasteiger partial charge in [0.2, 0.25) is 0 Å². The molecule has 0 atom stereocenters. The number of aryl methyl sites for hydroxylation is 1. The molecule has 0 saturated heterocycles. The number of hydrogen-bond acceptors (Lipinski definition) is 3. The van der Waals surface area contributed by atoms with Gasteiger partial charge < -0.3 is 4.74 Å². The van der Waals surface area contributed by atoms with Crippen LogP contribution in [0.3, 0.4) is 0 Å². The van der Waals surface area contributed by atoms with Crippen LogP contribution in [0.1, 0.15) is 26.5 Å². The van der Waals surface area contributed by atoms with Crippen molar-refractivity contribution in [1.29, 1.82) is 0 Å². The standard InChI is InChI=1S/C11H15BrN2O2/c1-7-5-9(8(12)6-13-7)14-10(15)16-11(2,3)4/h5-6H,1-4H3,(H,13,14,15). The molecule has 0 unspecified atom stereocenters. The van der Waals surface area contributed by atoms with Crippen molar-refractivity contribution in [2.75, 3.05) is 5.32 Å². The summed E-state index contributed by atoms with van der Waals surface area (Å²) in [7, 11) is 0. The lowest BCUT2D eigenvalue weighted by molar-refractivity contribution is 0.0636. The predicted molar refractivity (Wildman–Crippen MR) is 66.5 cm³/mol. The van der Waals surface area contributed by atoms with Crippen LogP contribution in [-0.2, 0) is 4.74 Å². The van der Waals surface area contributed by atoms with Crippen LogP contribution < -0.4 is 5.32 Å². The number of nitrogens with zero attached hydrogens (tertiary/aromatic N) is 1. The second-order valence-electron chi connectivity index (χ2n) is 4.43. The number of pyridine rings is 1. The first-order chi connectivity index (χ1) is 7.28. The van der Waals surface area contributed by atoms with Crippen molar-refractivity contribution in [1.82, 2.24) is 4.98 Å². The average Bonchev–Trinajstić information content (AvgIpc) is 2.08. The molecule has 0 fully saturated rings. The Kier molecular flexibility index (Phi) is 3.91. The van der Waals surface area contributed by atoms with Gasteiger partial charge in [-0.25, -0.2) is 4.79 Å². The van der Waals surface area contributed by atoms with Gasteiger partial charge in [-0.2, -0.15) is 0 Å². The summed E-state index contributed by atoms with van der Waals surface area (Å²) in [4.78, 5) is 15.6. The van der Waals surface area contributed by atoms with Crippen molar-refractivity contribution in [3.05, 3.63) is 22.4 Å². The zero-order valence-corrected chi connectivity index (χ0v) is 11.4. The Hall–Kier alpha value is -1.10. The molecule has 0 radical (unpaired) electrons. The molecule has 88 valence electrons. The molecule has 0 saturated carbocycles. The van der Waals surface area contributed by atoms with Gasteiger partial charge in [0.25, 0.3) is 0 Å². The molecular weight excluding hydrogens is 272 g/mol. The first-order valence-electron chi connectivity index (χ1n) is 4.90. The van der Waals surface area contributed by atoms with E-state index >= 15 is 0 Å². The molecule has 0 aliphatic carbocycles. The molecule has 16 heavy (non-hydrogen) atoms. The number of nitrogens with one attached hydrogen (secondary N) is 1. The molecule has 1 amide bonds. The summed E-state index contributed by atoms with van der Waals surface area (Å²) in [5.74, 6) is 0. The summed E-state index contributed by atoms with van der Waals surface area (Å²) in [6.07, 6.45) is 1.17. The van der Waals surface area contributed by atoms with E-state index in [1.165, 1.54) is 0 Å². The lowest BCUT2D eigenvalue weighted by Gasteiger charge is -2.20. The molecule has 1 rings (SSSR count). The first-order valence-corrected chi connectivity index (χ1v) is 5.69. The Balaban J connectivity index is 2.73. The highest BCUT2D eigenvalue weighted by Gasteiger charge is 2.16. The number of hydrogen-bond donors (Lipinski definition) is 1. The molecule has 0 spiro atoms. The van der Waals surface area contributed by atoms with Crippen molar-refractivity contribution < 1.29 is 9.53 Å². The van der Waals surface area contributed by atoms with Gasteiger partial charge in [0.1, 0.15) is 5.60 Å². The Morgan fingerprint density at radius 2 is 2.12 bits per heavy atom. The van der Waals surface area contributed by atoms with Crippen molar-refractivity contribution in [2.45, 2.75) is 33.3 Å². The van der Waals surface area contributed by atoms with E-state index in [0.717, 1.165) is 10.2 Å². The van der Waals surface area contributed by atoms with E-state index < -0.39 is 11.7 Å². The lowest BCUT2D eigenvalue weighted by Crippen LogP contribution is -2.27. The number of carbonyl (C=O) groups is 1. The minimum absolute atomic E-state index is 0.473. The molecule has 0 bridgehead atoms. The zero-order chi connectivity index (χ0) is 12.3. The second-order valence-corrected chi connectivity index (χ2v) is 5.29. The van der Waals surface area contributed by atoms with Gasteiger partial charge >= 0.3 is 6.09 Å². The largest absolute Gasteiger partial charge is 0.444 e. The molecule has 0 aliphatic heterocycles. The molecule has 4 nitrogen and oxygen atoms in total. The fraction of sp³-hybridized carbons (Fsp3) is 0.455. The number of aromatic nitrogens is 1. The number of carbonyl (C=O) groups excluding carboxylic acids is 1. The minimum Gasteiger partial charge on any atom is -0.444 e. The highest BCUT2D eigenvalue weighted by Crippen LogP contribution is 2.22. The molecule has 5 heteroatoms. The van der Waals surface area contributed by atoms with Crippen molar-refractivity contribution in [3.8, 4) is 0 Å². The minimum atomic E-state index is -0.501. The van der Waals surface area contributed by atoms with E-state index in [1.807, 2.05) is 27.7 Å².